The molecule has 0 fully saturated rings. The van der Waals surface area contributed by atoms with Gasteiger partial charge >= 0.3 is 0 Å². The van der Waals surface area contributed by atoms with Crippen LogP contribution in [0.5, 0.6) is 5.75 Å². The Bertz CT molecular complexity index is 341. The zero-order valence-corrected chi connectivity index (χ0v) is 8.48. The van der Waals surface area contributed by atoms with Gasteiger partial charge in [0.2, 0.25) is 0 Å². The molecular weight excluding hydrogens is 194 g/mol. The van der Waals surface area contributed by atoms with E-state index >= 15 is 0 Å². The van der Waals surface area contributed by atoms with E-state index in [-0.39, 0.29) is 12.6 Å². The van der Waals surface area contributed by atoms with E-state index in [1.54, 1.807) is 0 Å². The zero-order chi connectivity index (χ0) is 10.7. The molecule has 1 aromatic rings. The summed E-state index contributed by atoms with van der Waals surface area (Å²) in [5.41, 5.74) is 8.09. The van der Waals surface area contributed by atoms with Crippen LogP contribution in [0, 0.1) is 0 Å². The molecule has 4 nitrogen and oxygen atoms in total. The van der Waals surface area contributed by atoms with Crippen LogP contribution in [-0.4, -0.2) is 24.9 Å². The fourth-order valence-corrected chi connectivity index (χ4v) is 1.71. The van der Waals surface area contributed by atoms with Crippen LogP contribution in [0.2, 0.25) is 0 Å². The SMILES string of the molecule is N[C@H]1COCc2cc(OCCO)ccc21. The number of hydrogen-bond acceptors (Lipinski definition) is 4. The number of benzene rings is 1. The molecule has 1 atom stereocenters. The first-order valence-corrected chi connectivity index (χ1v) is 5.01. The Hall–Kier alpha value is -1.10. The van der Waals surface area contributed by atoms with Gasteiger partial charge in [-0.05, 0) is 23.3 Å². The average molecular weight is 209 g/mol. The Morgan fingerprint density at radius 3 is 3.20 bits per heavy atom. The molecule has 0 aromatic heterocycles. The molecular formula is C11H15NO3. The first-order chi connectivity index (χ1) is 7.31. The van der Waals surface area contributed by atoms with Gasteiger partial charge in [-0.25, -0.2) is 0 Å². The third-order valence-corrected chi connectivity index (χ3v) is 2.43. The van der Waals surface area contributed by atoms with Crippen molar-refractivity contribution in [3.63, 3.8) is 0 Å². The van der Waals surface area contributed by atoms with Crippen LogP contribution >= 0.6 is 0 Å². The highest BCUT2D eigenvalue weighted by molar-refractivity contribution is 5.38. The first-order valence-electron chi connectivity index (χ1n) is 5.01. The maximum Gasteiger partial charge on any atom is 0.119 e. The third kappa shape index (κ3) is 2.28. The summed E-state index contributed by atoms with van der Waals surface area (Å²) in [4.78, 5) is 0. The molecule has 2 rings (SSSR count). The van der Waals surface area contributed by atoms with Gasteiger partial charge in [0.15, 0.2) is 0 Å². The minimum Gasteiger partial charge on any atom is -0.491 e. The van der Waals surface area contributed by atoms with Gasteiger partial charge in [0.25, 0.3) is 0 Å². The van der Waals surface area contributed by atoms with E-state index in [9.17, 15) is 0 Å². The normalized spacial score (nSPS) is 19.7. The maximum atomic E-state index is 8.64. The van der Waals surface area contributed by atoms with E-state index in [4.69, 9.17) is 20.3 Å². The van der Waals surface area contributed by atoms with Gasteiger partial charge in [0.05, 0.1) is 25.9 Å². The zero-order valence-electron chi connectivity index (χ0n) is 8.48. The molecule has 0 saturated heterocycles. The molecule has 0 unspecified atom stereocenters. The smallest absolute Gasteiger partial charge is 0.119 e. The minimum atomic E-state index is -0.0411. The van der Waals surface area contributed by atoms with Crippen LogP contribution in [0.25, 0.3) is 0 Å². The van der Waals surface area contributed by atoms with Gasteiger partial charge in [-0.2, -0.15) is 0 Å². The number of aliphatic hydroxyl groups is 1. The van der Waals surface area contributed by atoms with E-state index in [2.05, 4.69) is 0 Å². The average Bonchev–Trinajstić information content (AvgIpc) is 2.26. The Balaban J connectivity index is 2.18. The van der Waals surface area contributed by atoms with Crippen LogP contribution in [-0.2, 0) is 11.3 Å². The molecule has 1 aliphatic rings. The molecule has 82 valence electrons. The Morgan fingerprint density at radius 2 is 2.40 bits per heavy atom. The molecule has 0 aliphatic carbocycles. The van der Waals surface area contributed by atoms with Crippen molar-refractivity contribution in [3.8, 4) is 5.75 Å². The van der Waals surface area contributed by atoms with Crippen LogP contribution < -0.4 is 10.5 Å². The Kier molecular flexibility index (Phi) is 3.20. The number of ether oxygens (including phenoxy) is 2. The van der Waals surface area contributed by atoms with Gasteiger partial charge in [-0.15, -0.1) is 0 Å². The number of fused-ring (bicyclic) bond motifs is 1. The van der Waals surface area contributed by atoms with Crippen LogP contribution in [0.4, 0.5) is 0 Å². The Morgan fingerprint density at radius 1 is 1.53 bits per heavy atom. The molecule has 1 aliphatic heterocycles. The van der Waals surface area contributed by atoms with Gasteiger partial charge in [-0.1, -0.05) is 6.07 Å². The lowest BCUT2D eigenvalue weighted by atomic mass is 9.99. The second-order valence-corrected chi connectivity index (χ2v) is 3.55. The van der Waals surface area contributed by atoms with Crippen LogP contribution in [0.3, 0.4) is 0 Å². The number of hydrogen-bond donors (Lipinski definition) is 2. The summed E-state index contributed by atoms with van der Waals surface area (Å²) in [5, 5.41) is 8.64. The van der Waals surface area contributed by atoms with E-state index in [1.165, 1.54) is 0 Å². The Labute approximate surface area is 88.6 Å². The number of aliphatic hydroxyl groups excluding tert-OH is 1. The quantitative estimate of drug-likeness (QED) is 0.764. The number of rotatable bonds is 3. The molecule has 15 heavy (non-hydrogen) atoms. The van der Waals surface area contributed by atoms with E-state index in [0.29, 0.717) is 19.8 Å². The summed E-state index contributed by atoms with van der Waals surface area (Å²) < 4.78 is 10.6. The standard InChI is InChI=1S/C11H15NO3/c12-11-7-14-6-8-5-9(15-4-3-13)1-2-10(8)11/h1-2,5,11,13H,3-4,6-7,12H2/t11-/m0/s1. The van der Waals surface area contributed by atoms with Crippen molar-refractivity contribution < 1.29 is 14.6 Å². The fraction of sp³-hybridized carbons (Fsp3) is 0.455. The second-order valence-electron chi connectivity index (χ2n) is 3.55. The molecule has 4 heteroatoms. The van der Waals surface area contributed by atoms with Crippen LogP contribution in [0.15, 0.2) is 18.2 Å². The highest BCUT2D eigenvalue weighted by Gasteiger charge is 2.17. The molecule has 3 N–H and O–H groups in total. The summed E-state index contributed by atoms with van der Waals surface area (Å²) in [5.74, 6) is 0.750. The predicted molar refractivity (Wildman–Crippen MR) is 55.6 cm³/mol. The highest BCUT2D eigenvalue weighted by atomic mass is 16.5. The maximum absolute atomic E-state index is 8.64. The minimum absolute atomic E-state index is 0.0209. The summed E-state index contributed by atoms with van der Waals surface area (Å²) in [6.07, 6.45) is 0. The highest BCUT2D eigenvalue weighted by Crippen LogP contribution is 2.26. The van der Waals surface area contributed by atoms with Gasteiger partial charge < -0.3 is 20.3 Å². The van der Waals surface area contributed by atoms with Gasteiger partial charge in [0.1, 0.15) is 12.4 Å². The predicted octanol–water partition coefficient (Wildman–Crippen LogP) is 0.588. The molecule has 0 bridgehead atoms. The summed E-state index contributed by atoms with van der Waals surface area (Å²) in [6.45, 7) is 1.49. The van der Waals surface area contributed by atoms with Crippen molar-refractivity contribution in [2.24, 2.45) is 5.73 Å². The van der Waals surface area contributed by atoms with Crippen molar-refractivity contribution in [2.45, 2.75) is 12.6 Å². The summed E-state index contributed by atoms with van der Waals surface area (Å²) in [7, 11) is 0. The van der Waals surface area contributed by atoms with E-state index < -0.39 is 0 Å². The van der Waals surface area contributed by atoms with Crippen molar-refractivity contribution in [1.82, 2.24) is 0 Å². The molecule has 1 heterocycles. The van der Waals surface area contributed by atoms with Crippen molar-refractivity contribution in [2.75, 3.05) is 19.8 Å². The first kappa shape index (κ1) is 10.4. The summed E-state index contributed by atoms with van der Waals surface area (Å²) >= 11 is 0. The van der Waals surface area contributed by atoms with Gasteiger partial charge in [-0.3, -0.25) is 0 Å². The lowest BCUT2D eigenvalue weighted by Gasteiger charge is -2.23. The molecule has 0 radical (unpaired) electrons. The van der Waals surface area contributed by atoms with E-state index in [0.717, 1.165) is 16.9 Å². The lowest BCUT2D eigenvalue weighted by Crippen LogP contribution is -2.23. The van der Waals surface area contributed by atoms with Gasteiger partial charge in [0, 0.05) is 0 Å². The molecule has 1 aromatic carbocycles. The second kappa shape index (κ2) is 4.61. The molecule has 0 amide bonds. The van der Waals surface area contributed by atoms with Crippen LogP contribution in [0.1, 0.15) is 17.2 Å². The monoisotopic (exact) mass is 209 g/mol. The lowest BCUT2D eigenvalue weighted by molar-refractivity contribution is 0.0920. The molecule has 0 spiro atoms. The number of nitrogens with two attached hydrogens (primary N) is 1. The van der Waals surface area contributed by atoms with E-state index in [1.807, 2.05) is 18.2 Å². The third-order valence-electron chi connectivity index (χ3n) is 2.43. The van der Waals surface area contributed by atoms with Crippen molar-refractivity contribution in [1.29, 1.82) is 0 Å². The van der Waals surface area contributed by atoms with Crippen molar-refractivity contribution >= 4 is 0 Å². The molecule has 0 saturated carbocycles. The topological polar surface area (TPSA) is 64.7 Å². The summed E-state index contributed by atoms with van der Waals surface area (Å²) in [6, 6.07) is 5.72. The largest absolute Gasteiger partial charge is 0.491 e. The fourth-order valence-electron chi connectivity index (χ4n) is 1.71. The van der Waals surface area contributed by atoms with Crippen molar-refractivity contribution in [3.05, 3.63) is 29.3 Å².